The summed E-state index contributed by atoms with van der Waals surface area (Å²) in [6.45, 7) is 6.80. The Labute approximate surface area is 104 Å². The lowest BCUT2D eigenvalue weighted by Gasteiger charge is -2.19. The van der Waals surface area contributed by atoms with E-state index >= 15 is 0 Å². The highest BCUT2D eigenvalue weighted by Gasteiger charge is 2.17. The Morgan fingerprint density at radius 2 is 1.93 bits per heavy atom. The van der Waals surface area contributed by atoms with Crippen LogP contribution in [0.5, 0.6) is 0 Å². The van der Waals surface area contributed by atoms with Gasteiger partial charge in [0.25, 0.3) is 5.84 Å². The van der Waals surface area contributed by atoms with Crippen LogP contribution in [0.1, 0.15) is 52.9 Å². The van der Waals surface area contributed by atoms with Crippen molar-refractivity contribution in [3.05, 3.63) is 0 Å². The minimum Gasteiger partial charge on any atom is -0.318 e. The number of hydrogen-bond donors (Lipinski definition) is 0. The van der Waals surface area contributed by atoms with Crippen LogP contribution in [-0.4, -0.2) is 12.7 Å². The van der Waals surface area contributed by atoms with Crippen LogP contribution in [0, 0.1) is 0 Å². The first-order chi connectivity index (χ1) is 7.02. The predicted molar refractivity (Wildman–Crippen MR) is 71.1 cm³/mol. The first-order valence-corrected chi connectivity index (χ1v) is 9.18. The van der Waals surface area contributed by atoms with Crippen molar-refractivity contribution in [1.82, 2.24) is 0 Å². The van der Waals surface area contributed by atoms with E-state index in [0.29, 0.717) is 6.61 Å². The highest BCUT2D eigenvalue weighted by Crippen LogP contribution is 2.55. The molecule has 2 nitrogen and oxygen atoms in total. The minimum absolute atomic E-state index is 0.0870. The molecule has 0 aromatic rings. The average Bonchev–Trinajstić information content (AvgIpc) is 2.16. The predicted octanol–water partition coefficient (Wildman–Crippen LogP) is 4.86. The lowest BCUT2D eigenvalue weighted by Crippen LogP contribution is -2.04. The van der Waals surface area contributed by atoms with E-state index in [1.54, 1.807) is 0 Å². The molecule has 2 atom stereocenters. The standard InChI is InChI=1S/C10H22ClO2PS/c1-4-6-7-8-9-12-14(11,15)13-10(3)5-2/h10H,4-9H2,1-3H3. The maximum Gasteiger partial charge on any atom is 0.282 e. The van der Waals surface area contributed by atoms with Gasteiger partial charge >= 0.3 is 0 Å². The molecule has 15 heavy (non-hydrogen) atoms. The van der Waals surface area contributed by atoms with Gasteiger partial charge in [0.05, 0.1) is 12.7 Å². The van der Waals surface area contributed by atoms with Gasteiger partial charge in [-0.2, -0.15) is 0 Å². The van der Waals surface area contributed by atoms with E-state index in [4.69, 9.17) is 32.1 Å². The molecule has 0 aliphatic rings. The summed E-state index contributed by atoms with van der Waals surface area (Å²) in [5.41, 5.74) is 0. The molecule has 0 heterocycles. The van der Waals surface area contributed by atoms with E-state index in [1.807, 2.05) is 13.8 Å². The lowest BCUT2D eigenvalue weighted by molar-refractivity contribution is 0.194. The maximum atomic E-state index is 6.00. The molecule has 0 amide bonds. The zero-order valence-corrected chi connectivity index (χ0v) is 12.3. The second kappa shape index (κ2) is 8.95. The number of hydrogen-bond acceptors (Lipinski definition) is 3. The fourth-order valence-electron chi connectivity index (χ4n) is 1.02. The first kappa shape index (κ1) is 15.9. The summed E-state index contributed by atoms with van der Waals surface area (Å²) in [4.78, 5) is 0. The highest BCUT2D eigenvalue weighted by molar-refractivity contribution is 8.22. The third-order valence-corrected chi connectivity index (χ3v) is 4.33. The number of unbranched alkanes of at least 4 members (excludes halogenated alkanes) is 3. The van der Waals surface area contributed by atoms with E-state index in [-0.39, 0.29) is 6.10 Å². The van der Waals surface area contributed by atoms with Gasteiger partial charge in [0.2, 0.25) is 0 Å². The van der Waals surface area contributed by atoms with Crippen LogP contribution in [0.15, 0.2) is 0 Å². The topological polar surface area (TPSA) is 18.5 Å². The van der Waals surface area contributed by atoms with Gasteiger partial charge in [-0.3, -0.25) is 0 Å². The van der Waals surface area contributed by atoms with Crippen LogP contribution in [0.3, 0.4) is 0 Å². The molecule has 0 fully saturated rings. The summed E-state index contributed by atoms with van der Waals surface area (Å²) in [6.07, 6.45) is 5.64. The molecule has 0 aliphatic heterocycles. The molecule has 0 spiro atoms. The van der Waals surface area contributed by atoms with Gasteiger partial charge < -0.3 is 9.05 Å². The smallest absolute Gasteiger partial charge is 0.282 e. The normalized spacial score (nSPS) is 17.3. The quantitative estimate of drug-likeness (QED) is 0.441. The van der Waals surface area contributed by atoms with Crippen molar-refractivity contribution in [3.8, 4) is 0 Å². The van der Waals surface area contributed by atoms with Crippen molar-refractivity contribution in [2.24, 2.45) is 0 Å². The van der Waals surface area contributed by atoms with Crippen molar-refractivity contribution < 1.29 is 9.05 Å². The Morgan fingerprint density at radius 1 is 1.27 bits per heavy atom. The van der Waals surface area contributed by atoms with Crippen LogP contribution in [0.4, 0.5) is 0 Å². The Morgan fingerprint density at radius 3 is 2.47 bits per heavy atom. The Bertz CT molecular complexity index is 202. The molecular weight excluding hydrogens is 251 g/mol. The molecule has 0 saturated heterocycles. The number of halogens is 1. The summed E-state index contributed by atoms with van der Waals surface area (Å²) in [6, 6.07) is 0. The van der Waals surface area contributed by atoms with Crippen molar-refractivity contribution in [1.29, 1.82) is 0 Å². The zero-order chi connectivity index (χ0) is 11.7. The average molecular weight is 273 g/mol. The maximum absolute atomic E-state index is 6.00. The second-order valence-electron chi connectivity index (χ2n) is 3.65. The summed E-state index contributed by atoms with van der Waals surface area (Å²) in [5, 5.41) is 0. The monoisotopic (exact) mass is 272 g/mol. The van der Waals surface area contributed by atoms with Crippen LogP contribution in [-0.2, 0) is 20.9 Å². The van der Waals surface area contributed by atoms with E-state index < -0.39 is 5.84 Å². The van der Waals surface area contributed by atoms with Gasteiger partial charge in [0, 0.05) is 0 Å². The third-order valence-electron chi connectivity index (χ3n) is 2.12. The molecule has 2 unspecified atom stereocenters. The fraction of sp³-hybridized carbons (Fsp3) is 1.00. The van der Waals surface area contributed by atoms with Gasteiger partial charge in [-0.25, -0.2) is 0 Å². The first-order valence-electron chi connectivity index (χ1n) is 5.64. The van der Waals surface area contributed by atoms with Crippen molar-refractivity contribution in [3.63, 3.8) is 0 Å². The molecule has 0 N–H and O–H groups in total. The van der Waals surface area contributed by atoms with Crippen LogP contribution in [0.25, 0.3) is 0 Å². The van der Waals surface area contributed by atoms with E-state index in [2.05, 4.69) is 6.92 Å². The minimum atomic E-state index is -2.51. The summed E-state index contributed by atoms with van der Waals surface area (Å²) < 4.78 is 10.9. The zero-order valence-electron chi connectivity index (χ0n) is 9.87. The van der Waals surface area contributed by atoms with Gasteiger partial charge in [0.15, 0.2) is 0 Å². The Kier molecular flexibility index (Phi) is 9.46. The molecule has 0 aromatic heterocycles. The fourth-order valence-corrected chi connectivity index (χ4v) is 3.29. The summed E-state index contributed by atoms with van der Waals surface area (Å²) in [7, 11) is 0. The molecule has 0 rings (SSSR count). The van der Waals surface area contributed by atoms with Crippen LogP contribution >= 0.6 is 17.1 Å². The van der Waals surface area contributed by atoms with E-state index in [0.717, 1.165) is 12.8 Å². The van der Waals surface area contributed by atoms with Gasteiger partial charge in [-0.15, -0.1) is 0 Å². The second-order valence-corrected chi connectivity index (χ2v) is 8.36. The summed E-state index contributed by atoms with van der Waals surface area (Å²) >= 11 is 11.1. The molecule has 0 bridgehead atoms. The third kappa shape index (κ3) is 9.77. The van der Waals surface area contributed by atoms with Gasteiger partial charge in [0.1, 0.15) is 0 Å². The largest absolute Gasteiger partial charge is 0.318 e. The van der Waals surface area contributed by atoms with Gasteiger partial charge in [-0.1, -0.05) is 33.1 Å². The van der Waals surface area contributed by atoms with E-state index in [1.165, 1.54) is 19.3 Å². The lowest BCUT2D eigenvalue weighted by atomic mass is 10.2. The molecular formula is C10H22ClO2PS. The molecule has 5 heteroatoms. The van der Waals surface area contributed by atoms with Gasteiger partial charge in [-0.05, 0) is 42.8 Å². The van der Waals surface area contributed by atoms with E-state index in [9.17, 15) is 0 Å². The summed E-state index contributed by atoms with van der Waals surface area (Å²) in [5.74, 6) is -2.51. The Hall–Kier alpha value is 0.860. The molecule has 0 aliphatic carbocycles. The van der Waals surface area contributed by atoms with Crippen molar-refractivity contribution in [2.45, 2.75) is 59.0 Å². The molecule has 0 saturated carbocycles. The van der Waals surface area contributed by atoms with Crippen molar-refractivity contribution >= 4 is 28.9 Å². The number of rotatable bonds is 9. The Balaban J connectivity index is 3.60. The van der Waals surface area contributed by atoms with Crippen LogP contribution in [0.2, 0.25) is 0 Å². The molecule has 0 aromatic carbocycles. The SMILES string of the molecule is CCCCCCOP(=S)(Cl)OC(C)CC. The highest BCUT2D eigenvalue weighted by atomic mass is 35.7. The van der Waals surface area contributed by atoms with Crippen LogP contribution < -0.4 is 0 Å². The van der Waals surface area contributed by atoms with Crippen molar-refractivity contribution in [2.75, 3.05) is 6.61 Å². The molecule has 0 radical (unpaired) electrons. The molecule has 92 valence electrons.